The van der Waals surface area contributed by atoms with Gasteiger partial charge in [0.25, 0.3) is 0 Å². The first-order valence-electron chi connectivity index (χ1n) is 10.5. The van der Waals surface area contributed by atoms with Gasteiger partial charge < -0.3 is 9.42 Å². The SMILES string of the molecule is Cc1ccccc1-c1noc(CN2CCC(C(=O)N3CCCC(C)C3)CC2)n1. The molecule has 1 aromatic heterocycles. The van der Waals surface area contributed by atoms with Crippen molar-refractivity contribution in [3.8, 4) is 11.4 Å². The lowest BCUT2D eigenvalue weighted by molar-refractivity contribution is -0.138. The molecule has 1 unspecified atom stereocenters. The third kappa shape index (κ3) is 4.27. The second-order valence-corrected chi connectivity index (χ2v) is 8.41. The predicted molar refractivity (Wildman–Crippen MR) is 107 cm³/mol. The van der Waals surface area contributed by atoms with Crippen LogP contribution in [0.15, 0.2) is 28.8 Å². The number of hydrogen-bond donors (Lipinski definition) is 0. The summed E-state index contributed by atoms with van der Waals surface area (Å²) in [6.45, 7) is 8.63. The van der Waals surface area contributed by atoms with E-state index < -0.39 is 0 Å². The number of hydrogen-bond acceptors (Lipinski definition) is 5. The van der Waals surface area contributed by atoms with Crippen LogP contribution in [0, 0.1) is 18.8 Å². The molecule has 1 amide bonds. The average molecular weight is 383 g/mol. The molecule has 6 nitrogen and oxygen atoms in total. The van der Waals surface area contributed by atoms with Crippen LogP contribution in [0.2, 0.25) is 0 Å². The van der Waals surface area contributed by atoms with E-state index >= 15 is 0 Å². The van der Waals surface area contributed by atoms with Crippen LogP contribution < -0.4 is 0 Å². The fourth-order valence-corrected chi connectivity index (χ4v) is 4.43. The zero-order valence-electron chi connectivity index (χ0n) is 16.9. The number of aryl methyl sites for hydroxylation is 1. The van der Waals surface area contributed by atoms with Crippen molar-refractivity contribution < 1.29 is 9.32 Å². The molecule has 2 aliphatic heterocycles. The molecule has 0 bridgehead atoms. The maximum atomic E-state index is 12.8. The summed E-state index contributed by atoms with van der Waals surface area (Å²) in [7, 11) is 0. The molecular weight excluding hydrogens is 352 g/mol. The van der Waals surface area contributed by atoms with E-state index in [1.165, 1.54) is 6.42 Å². The first kappa shape index (κ1) is 19.1. The Morgan fingerprint density at radius 2 is 1.96 bits per heavy atom. The van der Waals surface area contributed by atoms with Crippen LogP contribution in [-0.4, -0.2) is 52.0 Å². The summed E-state index contributed by atoms with van der Waals surface area (Å²) in [6, 6.07) is 8.07. The monoisotopic (exact) mass is 382 g/mol. The van der Waals surface area contributed by atoms with Gasteiger partial charge in [0.05, 0.1) is 6.54 Å². The van der Waals surface area contributed by atoms with Crippen LogP contribution in [-0.2, 0) is 11.3 Å². The summed E-state index contributed by atoms with van der Waals surface area (Å²) in [5.74, 6) is 2.47. The van der Waals surface area contributed by atoms with Gasteiger partial charge in [-0.25, -0.2) is 0 Å². The molecule has 2 fully saturated rings. The maximum absolute atomic E-state index is 12.8. The van der Waals surface area contributed by atoms with Crippen molar-refractivity contribution in [2.45, 2.75) is 46.1 Å². The van der Waals surface area contributed by atoms with E-state index in [1.54, 1.807) is 0 Å². The lowest BCUT2D eigenvalue weighted by Gasteiger charge is -2.36. The molecule has 6 heteroatoms. The summed E-state index contributed by atoms with van der Waals surface area (Å²) >= 11 is 0. The van der Waals surface area contributed by atoms with E-state index in [0.717, 1.165) is 56.6 Å². The number of rotatable bonds is 4. The smallest absolute Gasteiger partial charge is 0.241 e. The van der Waals surface area contributed by atoms with Gasteiger partial charge in [-0.2, -0.15) is 4.98 Å². The largest absolute Gasteiger partial charge is 0.342 e. The highest BCUT2D eigenvalue weighted by molar-refractivity contribution is 5.79. The Kier molecular flexibility index (Phi) is 5.76. The fraction of sp³-hybridized carbons (Fsp3) is 0.591. The Hall–Kier alpha value is -2.21. The number of benzene rings is 1. The summed E-state index contributed by atoms with van der Waals surface area (Å²) in [4.78, 5) is 21.8. The third-order valence-electron chi connectivity index (χ3n) is 6.12. The van der Waals surface area contributed by atoms with Crippen LogP contribution in [0.4, 0.5) is 0 Å². The lowest BCUT2D eigenvalue weighted by atomic mass is 9.93. The predicted octanol–water partition coefficient (Wildman–Crippen LogP) is 3.52. The standard InChI is InChI=1S/C22H30N4O2/c1-16-6-5-11-26(14-16)22(27)18-9-12-25(13-10-18)15-20-23-21(24-28-20)19-8-4-3-7-17(19)2/h3-4,7-8,16,18H,5-6,9-15H2,1-2H3. The first-order valence-corrected chi connectivity index (χ1v) is 10.5. The normalized spacial score (nSPS) is 21.8. The van der Waals surface area contributed by atoms with Gasteiger partial charge in [0.1, 0.15) is 0 Å². The quantitative estimate of drug-likeness (QED) is 0.810. The number of nitrogens with zero attached hydrogens (tertiary/aromatic N) is 4. The van der Waals surface area contributed by atoms with E-state index in [2.05, 4.69) is 39.9 Å². The molecule has 28 heavy (non-hydrogen) atoms. The molecule has 2 saturated heterocycles. The van der Waals surface area contributed by atoms with Crippen molar-refractivity contribution in [2.24, 2.45) is 11.8 Å². The highest BCUT2D eigenvalue weighted by atomic mass is 16.5. The Morgan fingerprint density at radius 3 is 2.71 bits per heavy atom. The van der Waals surface area contributed by atoms with Crippen LogP contribution in [0.25, 0.3) is 11.4 Å². The number of carbonyl (C=O) groups excluding carboxylic acids is 1. The minimum atomic E-state index is 0.173. The van der Waals surface area contributed by atoms with Gasteiger partial charge in [0.2, 0.25) is 17.6 Å². The number of aromatic nitrogens is 2. The van der Waals surface area contributed by atoms with Crippen molar-refractivity contribution in [1.82, 2.24) is 19.9 Å². The Labute approximate surface area is 166 Å². The van der Waals surface area contributed by atoms with Crippen molar-refractivity contribution in [2.75, 3.05) is 26.2 Å². The topological polar surface area (TPSA) is 62.5 Å². The molecule has 0 saturated carbocycles. The van der Waals surface area contributed by atoms with E-state index in [9.17, 15) is 4.79 Å². The molecule has 0 spiro atoms. The minimum Gasteiger partial charge on any atom is -0.342 e. The molecule has 0 N–H and O–H groups in total. The van der Waals surface area contributed by atoms with E-state index in [1.807, 2.05) is 18.2 Å². The van der Waals surface area contributed by atoms with Gasteiger partial charge in [-0.15, -0.1) is 0 Å². The highest BCUT2D eigenvalue weighted by Crippen LogP contribution is 2.25. The molecule has 1 aromatic carbocycles. The van der Waals surface area contributed by atoms with Gasteiger partial charge in [0.15, 0.2) is 0 Å². The fourth-order valence-electron chi connectivity index (χ4n) is 4.43. The van der Waals surface area contributed by atoms with E-state index in [4.69, 9.17) is 4.52 Å². The summed E-state index contributed by atoms with van der Waals surface area (Å²) in [5.41, 5.74) is 2.15. The van der Waals surface area contributed by atoms with Gasteiger partial charge in [-0.3, -0.25) is 9.69 Å². The van der Waals surface area contributed by atoms with Crippen LogP contribution in [0.5, 0.6) is 0 Å². The Bertz CT molecular complexity index is 810. The highest BCUT2D eigenvalue weighted by Gasteiger charge is 2.31. The lowest BCUT2D eigenvalue weighted by Crippen LogP contribution is -2.45. The number of carbonyl (C=O) groups is 1. The molecule has 4 rings (SSSR count). The minimum absolute atomic E-state index is 0.173. The summed E-state index contributed by atoms with van der Waals surface area (Å²) < 4.78 is 5.48. The summed E-state index contributed by atoms with van der Waals surface area (Å²) in [6.07, 6.45) is 4.23. The van der Waals surface area contributed by atoms with Crippen LogP contribution in [0.1, 0.15) is 44.1 Å². The van der Waals surface area contributed by atoms with Crippen molar-refractivity contribution in [1.29, 1.82) is 0 Å². The van der Waals surface area contributed by atoms with Gasteiger partial charge in [-0.1, -0.05) is 36.3 Å². The maximum Gasteiger partial charge on any atom is 0.241 e. The van der Waals surface area contributed by atoms with Crippen LogP contribution >= 0.6 is 0 Å². The van der Waals surface area contributed by atoms with Crippen molar-refractivity contribution in [3.63, 3.8) is 0 Å². The van der Waals surface area contributed by atoms with E-state index in [-0.39, 0.29) is 5.92 Å². The molecular formula is C22H30N4O2. The number of amides is 1. The van der Waals surface area contributed by atoms with Gasteiger partial charge in [-0.05, 0) is 57.2 Å². The molecule has 0 radical (unpaired) electrons. The Morgan fingerprint density at radius 1 is 1.18 bits per heavy atom. The second kappa shape index (κ2) is 8.43. The molecule has 3 heterocycles. The second-order valence-electron chi connectivity index (χ2n) is 8.41. The van der Waals surface area contributed by atoms with Gasteiger partial charge in [0, 0.05) is 24.6 Å². The molecule has 2 aliphatic rings. The number of piperidine rings is 2. The molecule has 1 atom stereocenters. The average Bonchev–Trinajstić information content (AvgIpc) is 3.16. The third-order valence-corrected chi connectivity index (χ3v) is 6.12. The van der Waals surface area contributed by atoms with Crippen molar-refractivity contribution in [3.05, 3.63) is 35.7 Å². The molecule has 150 valence electrons. The molecule has 0 aliphatic carbocycles. The van der Waals surface area contributed by atoms with Crippen LogP contribution in [0.3, 0.4) is 0 Å². The number of likely N-dealkylation sites (tertiary alicyclic amines) is 2. The van der Waals surface area contributed by atoms with Crippen molar-refractivity contribution >= 4 is 5.91 Å². The van der Waals surface area contributed by atoms with Gasteiger partial charge >= 0.3 is 0 Å². The summed E-state index contributed by atoms with van der Waals surface area (Å²) in [5, 5.41) is 4.15. The van der Waals surface area contributed by atoms with E-state index in [0.29, 0.717) is 30.1 Å². The zero-order chi connectivity index (χ0) is 19.5. The molecule has 2 aromatic rings. The first-order chi connectivity index (χ1) is 13.6. The Balaban J connectivity index is 1.30. The zero-order valence-corrected chi connectivity index (χ0v) is 16.9.